The minimum atomic E-state index is -0.118. The van der Waals surface area contributed by atoms with Crippen LogP contribution in [0.25, 0.3) is 5.57 Å². The Bertz CT molecular complexity index is 646. The second-order valence-corrected chi connectivity index (χ2v) is 8.31. The zero-order valence-corrected chi connectivity index (χ0v) is 15.2. The van der Waals surface area contributed by atoms with Crippen molar-refractivity contribution in [2.75, 3.05) is 0 Å². The highest BCUT2D eigenvalue weighted by molar-refractivity contribution is 9.10. The van der Waals surface area contributed by atoms with Gasteiger partial charge < -0.3 is 5.11 Å². The van der Waals surface area contributed by atoms with E-state index in [1.807, 2.05) is 6.07 Å². The molecular weight excluding hydrogens is 328 g/mol. The van der Waals surface area contributed by atoms with Gasteiger partial charge in [0.2, 0.25) is 0 Å². The molecule has 2 rings (SSSR count). The average Bonchev–Trinajstić information content (AvgIpc) is 2.30. The number of rotatable bonds is 1. The Morgan fingerprint density at radius 1 is 1.33 bits per heavy atom. The molecule has 1 N–H and O–H groups in total. The van der Waals surface area contributed by atoms with Crippen LogP contribution in [0.3, 0.4) is 0 Å². The summed E-state index contributed by atoms with van der Waals surface area (Å²) in [5.41, 5.74) is 3.71. The third-order valence-electron chi connectivity index (χ3n) is 4.21. The van der Waals surface area contributed by atoms with E-state index < -0.39 is 0 Å². The molecule has 0 unspecified atom stereocenters. The number of Topliss-reactive ketones (excluding diaryl/α,β-unsaturated/α-hetero) is 1. The van der Waals surface area contributed by atoms with Gasteiger partial charge in [0, 0.05) is 0 Å². The molecule has 0 atom stereocenters. The van der Waals surface area contributed by atoms with Gasteiger partial charge in [0.05, 0.1) is 10.0 Å². The van der Waals surface area contributed by atoms with E-state index in [9.17, 15) is 9.90 Å². The quantitative estimate of drug-likeness (QED) is 0.682. The highest BCUT2D eigenvalue weighted by Crippen LogP contribution is 2.50. The van der Waals surface area contributed by atoms with Gasteiger partial charge in [-0.05, 0) is 62.9 Å². The summed E-state index contributed by atoms with van der Waals surface area (Å²) in [5.74, 6) is -0.0582. The van der Waals surface area contributed by atoms with E-state index in [-0.39, 0.29) is 22.4 Å². The predicted molar refractivity (Wildman–Crippen MR) is 90.9 cm³/mol. The minimum absolute atomic E-state index is 0.00424. The van der Waals surface area contributed by atoms with Crippen LogP contribution in [0, 0.1) is 5.41 Å². The Morgan fingerprint density at radius 2 is 1.90 bits per heavy atom. The van der Waals surface area contributed by atoms with Crippen molar-refractivity contribution in [3.05, 3.63) is 33.3 Å². The minimum Gasteiger partial charge on any atom is -0.506 e. The number of hydrogen-bond acceptors (Lipinski definition) is 2. The standard InChI is InChI=1S/C18H23BrO2/c1-10(20)11-9-12-13(17(2,3)4)7-8-18(5,6)14(12)15(19)16(11)21/h7,9,21H,8H2,1-6H3. The molecule has 0 radical (unpaired) electrons. The van der Waals surface area contributed by atoms with Crippen LogP contribution in [-0.4, -0.2) is 10.9 Å². The van der Waals surface area contributed by atoms with Crippen molar-refractivity contribution in [3.8, 4) is 5.75 Å². The largest absolute Gasteiger partial charge is 0.506 e. The van der Waals surface area contributed by atoms with E-state index in [2.05, 4.69) is 56.6 Å². The Hall–Kier alpha value is -1.09. The zero-order valence-electron chi connectivity index (χ0n) is 13.6. The summed E-state index contributed by atoms with van der Waals surface area (Å²) in [4.78, 5) is 11.8. The maximum Gasteiger partial charge on any atom is 0.163 e. The maximum absolute atomic E-state index is 11.8. The number of carbonyl (C=O) groups excluding carboxylic acids is 1. The molecule has 1 aliphatic rings. The lowest BCUT2D eigenvalue weighted by molar-refractivity contribution is 0.101. The third-order valence-corrected chi connectivity index (χ3v) is 4.98. The fourth-order valence-electron chi connectivity index (χ4n) is 3.06. The number of phenolic OH excluding ortho intramolecular Hbond substituents is 1. The number of benzene rings is 1. The third kappa shape index (κ3) is 2.68. The van der Waals surface area contributed by atoms with Gasteiger partial charge in [0.1, 0.15) is 5.75 Å². The van der Waals surface area contributed by atoms with E-state index in [0.717, 1.165) is 17.5 Å². The Kier molecular flexibility index (Phi) is 3.86. The predicted octanol–water partition coefficient (Wildman–Crippen LogP) is 5.47. The SMILES string of the molecule is CC(=O)c1cc2c(c(Br)c1O)C(C)(C)CC=C2C(C)(C)C. The van der Waals surface area contributed by atoms with Crippen molar-refractivity contribution in [2.45, 2.75) is 53.4 Å². The number of phenols is 1. The van der Waals surface area contributed by atoms with Crippen LogP contribution >= 0.6 is 15.9 Å². The molecule has 0 fully saturated rings. The van der Waals surface area contributed by atoms with Crippen molar-refractivity contribution in [1.82, 2.24) is 0 Å². The van der Waals surface area contributed by atoms with Gasteiger partial charge >= 0.3 is 0 Å². The first-order valence-corrected chi connectivity index (χ1v) is 8.04. The summed E-state index contributed by atoms with van der Waals surface area (Å²) >= 11 is 3.53. The molecular formula is C18H23BrO2. The second kappa shape index (κ2) is 4.98. The van der Waals surface area contributed by atoms with Gasteiger partial charge in [-0.2, -0.15) is 0 Å². The summed E-state index contributed by atoms with van der Waals surface area (Å²) < 4.78 is 0.657. The average molecular weight is 351 g/mol. The van der Waals surface area contributed by atoms with Gasteiger partial charge in [-0.1, -0.05) is 40.7 Å². The molecule has 0 bridgehead atoms. The van der Waals surface area contributed by atoms with Crippen LogP contribution in [0.15, 0.2) is 16.6 Å². The van der Waals surface area contributed by atoms with Gasteiger partial charge in [0.25, 0.3) is 0 Å². The highest BCUT2D eigenvalue weighted by Gasteiger charge is 2.36. The summed E-state index contributed by atoms with van der Waals surface area (Å²) in [6, 6.07) is 1.86. The van der Waals surface area contributed by atoms with Crippen molar-refractivity contribution in [1.29, 1.82) is 0 Å². The smallest absolute Gasteiger partial charge is 0.163 e. The van der Waals surface area contributed by atoms with E-state index in [4.69, 9.17) is 0 Å². The molecule has 21 heavy (non-hydrogen) atoms. The van der Waals surface area contributed by atoms with E-state index in [1.54, 1.807) is 0 Å². The molecule has 0 aromatic heterocycles. The summed E-state index contributed by atoms with van der Waals surface area (Å²) in [5, 5.41) is 10.4. The first kappa shape index (κ1) is 16.3. The molecule has 114 valence electrons. The summed E-state index contributed by atoms with van der Waals surface area (Å²) in [6.45, 7) is 12.3. The van der Waals surface area contributed by atoms with Gasteiger partial charge in [0.15, 0.2) is 5.78 Å². The number of halogens is 1. The molecule has 0 heterocycles. The number of carbonyl (C=O) groups is 1. The molecule has 1 aromatic carbocycles. The molecule has 0 saturated carbocycles. The molecule has 1 aromatic rings. The Labute approximate surface area is 135 Å². The number of aromatic hydroxyl groups is 1. The van der Waals surface area contributed by atoms with Gasteiger partial charge in [-0.3, -0.25) is 4.79 Å². The summed E-state index contributed by atoms with van der Waals surface area (Å²) in [6.07, 6.45) is 3.19. The topological polar surface area (TPSA) is 37.3 Å². The number of fused-ring (bicyclic) bond motifs is 1. The fraction of sp³-hybridized carbons (Fsp3) is 0.500. The van der Waals surface area contributed by atoms with Crippen LogP contribution in [0.5, 0.6) is 5.75 Å². The fourth-order valence-corrected chi connectivity index (χ4v) is 4.03. The van der Waals surface area contributed by atoms with Crippen LogP contribution in [0.1, 0.15) is 69.4 Å². The highest BCUT2D eigenvalue weighted by atomic mass is 79.9. The molecule has 2 nitrogen and oxygen atoms in total. The Balaban J connectivity index is 2.86. The van der Waals surface area contributed by atoms with Crippen LogP contribution in [0.2, 0.25) is 0 Å². The number of ketones is 1. The van der Waals surface area contributed by atoms with E-state index in [1.165, 1.54) is 12.5 Å². The first-order valence-electron chi connectivity index (χ1n) is 7.24. The van der Waals surface area contributed by atoms with Crippen LogP contribution in [0.4, 0.5) is 0 Å². The molecule has 0 spiro atoms. The van der Waals surface area contributed by atoms with E-state index in [0.29, 0.717) is 10.0 Å². The molecule has 1 aliphatic carbocycles. The lowest BCUT2D eigenvalue weighted by atomic mass is 9.68. The van der Waals surface area contributed by atoms with Gasteiger partial charge in [-0.15, -0.1) is 0 Å². The maximum atomic E-state index is 11.8. The first-order chi connectivity index (χ1) is 9.47. The van der Waals surface area contributed by atoms with Crippen molar-refractivity contribution < 1.29 is 9.90 Å². The van der Waals surface area contributed by atoms with Crippen LogP contribution < -0.4 is 0 Å². The molecule has 0 saturated heterocycles. The van der Waals surface area contributed by atoms with Crippen LogP contribution in [-0.2, 0) is 5.41 Å². The number of hydrogen-bond donors (Lipinski definition) is 1. The van der Waals surface area contributed by atoms with Crippen molar-refractivity contribution in [2.24, 2.45) is 5.41 Å². The van der Waals surface area contributed by atoms with Crippen molar-refractivity contribution >= 4 is 27.3 Å². The van der Waals surface area contributed by atoms with E-state index >= 15 is 0 Å². The lowest BCUT2D eigenvalue weighted by Gasteiger charge is -2.37. The molecule has 3 heteroatoms. The second-order valence-electron chi connectivity index (χ2n) is 7.52. The van der Waals surface area contributed by atoms with Crippen molar-refractivity contribution in [3.63, 3.8) is 0 Å². The summed E-state index contributed by atoms with van der Waals surface area (Å²) in [7, 11) is 0. The zero-order chi connectivity index (χ0) is 16.2. The molecule has 0 amide bonds. The lowest BCUT2D eigenvalue weighted by Crippen LogP contribution is -2.26. The molecule has 0 aliphatic heterocycles. The Morgan fingerprint density at radius 3 is 2.38 bits per heavy atom. The van der Waals surface area contributed by atoms with Gasteiger partial charge in [-0.25, -0.2) is 0 Å². The number of allylic oxidation sites excluding steroid dienone is 2. The normalized spacial score (nSPS) is 17.2. The monoisotopic (exact) mass is 350 g/mol.